The van der Waals surface area contributed by atoms with Gasteiger partial charge in [-0.15, -0.1) is 0 Å². The van der Waals surface area contributed by atoms with Crippen molar-refractivity contribution in [1.29, 1.82) is 0 Å². The van der Waals surface area contributed by atoms with Gasteiger partial charge < -0.3 is 0 Å². The van der Waals surface area contributed by atoms with Crippen molar-refractivity contribution in [3.8, 4) is 0 Å². The second-order valence-electron chi connectivity index (χ2n) is 4.52. The Hall–Kier alpha value is -1.52. The highest BCUT2D eigenvalue weighted by atomic mass is 35.5. The first kappa shape index (κ1) is 14.9. The van der Waals surface area contributed by atoms with E-state index in [2.05, 4.69) is 25.1 Å². The van der Waals surface area contributed by atoms with Crippen LogP contribution in [-0.4, -0.2) is 4.92 Å². The Labute approximate surface area is 127 Å². The first-order chi connectivity index (χ1) is 9.56. The van der Waals surface area contributed by atoms with Crippen LogP contribution in [0, 0.1) is 17.0 Å². The quantitative estimate of drug-likeness (QED) is 0.577. The molecule has 2 aromatic carbocycles. The number of nitro groups is 1. The molecule has 0 amide bonds. The molecule has 104 valence electrons. The SMILES string of the molecule is Cc1cccc(CSCc2ccc(Cl)c([N+](=O)[O-])c2)c1. The highest BCUT2D eigenvalue weighted by Crippen LogP contribution is 2.27. The van der Waals surface area contributed by atoms with E-state index < -0.39 is 4.92 Å². The molecule has 0 aliphatic carbocycles. The van der Waals surface area contributed by atoms with E-state index in [0.29, 0.717) is 0 Å². The molecule has 2 rings (SSSR count). The van der Waals surface area contributed by atoms with Crippen molar-refractivity contribution < 1.29 is 4.92 Å². The normalized spacial score (nSPS) is 10.5. The molecule has 0 unspecified atom stereocenters. The summed E-state index contributed by atoms with van der Waals surface area (Å²) in [5.41, 5.74) is 3.39. The zero-order valence-electron chi connectivity index (χ0n) is 11.0. The summed E-state index contributed by atoms with van der Waals surface area (Å²) in [6.45, 7) is 2.07. The largest absolute Gasteiger partial charge is 0.288 e. The van der Waals surface area contributed by atoms with E-state index in [1.165, 1.54) is 11.1 Å². The van der Waals surface area contributed by atoms with Gasteiger partial charge in [0.05, 0.1) is 4.92 Å². The molecule has 20 heavy (non-hydrogen) atoms. The van der Waals surface area contributed by atoms with E-state index >= 15 is 0 Å². The number of rotatable bonds is 5. The Bertz CT molecular complexity index is 631. The Morgan fingerprint density at radius 3 is 2.50 bits per heavy atom. The molecule has 3 nitrogen and oxygen atoms in total. The fourth-order valence-electron chi connectivity index (χ4n) is 1.88. The first-order valence-corrected chi connectivity index (χ1v) is 7.65. The molecule has 0 bridgehead atoms. The highest BCUT2D eigenvalue weighted by molar-refractivity contribution is 7.97. The monoisotopic (exact) mass is 307 g/mol. The average Bonchev–Trinajstić information content (AvgIpc) is 2.40. The van der Waals surface area contributed by atoms with E-state index in [9.17, 15) is 10.1 Å². The van der Waals surface area contributed by atoms with Gasteiger partial charge in [-0.25, -0.2) is 0 Å². The Balaban J connectivity index is 1.97. The number of nitrogens with zero attached hydrogens (tertiary/aromatic N) is 1. The number of halogens is 1. The van der Waals surface area contributed by atoms with E-state index in [-0.39, 0.29) is 10.7 Å². The number of thioether (sulfide) groups is 1. The summed E-state index contributed by atoms with van der Waals surface area (Å²) >= 11 is 7.52. The number of hydrogen-bond acceptors (Lipinski definition) is 3. The van der Waals surface area contributed by atoms with Crippen LogP contribution in [0.3, 0.4) is 0 Å². The summed E-state index contributed by atoms with van der Waals surface area (Å²) in [7, 11) is 0. The molecule has 2 aromatic rings. The van der Waals surface area contributed by atoms with E-state index in [4.69, 9.17) is 11.6 Å². The van der Waals surface area contributed by atoms with Crippen molar-refractivity contribution in [1.82, 2.24) is 0 Å². The third-order valence-electron chi connectivity index (χ3n) is 2.83. The zero-order valence-corrected chi connectivity index (χ0v) is 12.6. The fraction of sp³-hybridized carbons (Fsp3) is 0.200. The highest BCUT2D eigenvalue weighted by Gasteiger charge is 2.12. The van der Waals surface area contributed by atoms with Gasteiger partial charge in [0.2, 0.25) is 0 Å². The zero-order chi connectivity index (χ0) is 14.5. The lowest BCUT2D eigenvalue weighted by molar-refractivity contribution is -0.384. The predicted molar refractivity (Wildman–Crippen MR) is 84.3 cm³/mol. The molecule has 0 aromatic heterocycles. The van der Waals surface area contributed by atoms with Crippen LogP contribution in [0.15, 0.2) is 42.5 Å². The van der Waals surface area contributed by atoms with Crippen LogP contribution in [0.4, 0.5) is 5.69 Å². The minimum absolute atomic E-state index is 0.0275. The summed E-state index contributed by atoms with van der Waals surface area (Å²) in [5, 5.41) is 11.0. The molecule has 0 fully saturated rings. The number of aryl methyl sites for hydroxylation is 1. The smallest absolute Gasteiger partial charge is 0.258 e. The second kappa shape index (κ2) is 6.77. The molecule has 0 saturated heterocycles. The molecular weight excluding hydrogens is 294 g/mol. The maximum atomic E-state index is 10.8. The molecule has 0 N–H and O–H groups in total. The van der Waals surface area contributed by atoms with Crippen molar-refractivity contribution in [2.24, 2.45) is 0 Å². The van der Waals surface area contributed by atoms with Crippen LogP contribution >= 0.6 is 23.4 Å². The van der Waals surface area contributed by atoms with Crippen LogP contribution in [0.25, 0.3) is 0 Å². The minimum atomic E-state index is -0.447. The Morgan fingerprint density at radius 1 is 1.15 bits per heavy atom. The van der Waals surface area contributed by atoms with Gasteiger partial charge in [-0.2, -0.15) is 11.8 Å². The van der Waals surface area contributed by atoms with E-state index in [1.807, 2.05) is 12.1 Å². The van der Waals surface area contributed by atoms with E-state index in [1.54, 1.807) is 23.9 Å². The van der Waals surface area contributed by atoms with Crippen molar-refractivity contribution >= 4 is 29.1 Å². The molecule has 0 atom stereocenters. The average molecular weight is 308 g/mol. The van der Waals surface area contributed by atoms with Gasteiger partial charge >= 0.3 is 0 Å². The van der Waals surface area contributed by atoms with Crippen LogP contribution in [0.5, 0.6) is 0 Å². The van der Waals surface area contributed by atoms with E-state index in [0.717, 1.165) is 17.1 Å². The van der Waals surface area contributed by atoms with Crippen molar-refractivity contribution in [2.45, 2.75) is 18.4 Å². The minimum Gasteiger partial charge on any atom is -0.258 e. The van der Waals surface area contributed by atoms with Gasteiger partial charge in [0.1, 0.15) is 5.02 Å². The summed E-state index contributed by atoms with van der Waals surface area (Å²) in [6.07, 6.45) is 0. The molecule has 0 saturated carbocycles. The third-order valence-corrected chi connectivity index (χ3v) is 4.22. The lowest BCUT2D eigenvalue weighted by atomic mass is 10.2. The Kier molecular flexibility index (Phi) is 5.04. The molecule has 0 heterocycles. The second-order valence-corrected chi connectivity index (χ2v) is 5.92. The summed E-state index contributed by atoms with van der Waals surface area (Å²) < 4.78 is 0. The lowest BCUT2D eigenvalue weighted by Crippen LogP contribution is -1.91. The molecular formula is C15H14ClNO2S. The van der Waals surface area contributed by atoms with Crippen LogP contribution in [-0.2, 0) is 11.5 Å². The summed E-state index contributed by atoms with van der Waals surface area (Å²) in [5.74, 6) is 1.62. The number of benzene rings is 2. The molecule has 0 aliphatic rings. The van der Waals surface area contributed by atoms with Crippen molar-refractivity contribution in [3.63, 3.8) is 0 Å². The predicted octanol–water partition coefficient (Wildman–Crippen LogP) is 4.99. The van der Waals surface area contributed by atoms with Crippen molar-refractivity contribution in [2.75, 3.05) is 0 Å². The van der Waals surface area contributed by atoms with Gasteiger partial charge in [0.25, 0.3) is 5.69 Å². The van der Waals surface area contributed by atoms with Crippen LogP contribution in [0.1, 0.15) is 16.7 Å². The molecule has 0 aliphatic heterocycles. The fourth-order valence-corrected chi connectivity index (χ4v) is 3.00. The number of nitro benzene ring substituents is 1. The van der Waals surface area contributed by atoms with Crippen molar-refractivity contribution in [3.05, 3.63) is 74.3 Å². The first-order valence-electron chi connectivity index (χ1n) is 6.12. The lowest BCUT2D eigenvalue weighted by Gasteiger charge is -2.04. The third kappa shape index (κ3) is 3.99. The van der Waals surface area contributed by atoms with Gasteiger partial charge in [0.15, 0.2) is 0 Å². The summed E-state index contributed by atoms with van der Waals surface area (Å²) in [6, 6.07) is 13.3. The molecule has 0 spiro atoms. The topological polar surface area (TPSA) is 43.1 Å². The summed E-state index contributed by atoms with van der Waals surface area (Å²) in [4.78, 5) is 10.4. The maximum absolute atomic E-state index is 10.8. The molecule has 5 heteroatoms. The Morgan fingerprint density at radius 2 is 1.85 bits per heavy atom. The van der Waals surface area contributed by atoms with Gasteiger partial charge in [-0.3, -0.25) is 10.1 Å². The maximum Gasteiger partial charge on any atom is 0.288 e. The number of hydrogen-bond donors (Lipinski definition) is 0. The van der Waals surface area contributed by atoms with Crippen LogP contribution < -0.4 is 0 Å². The van der Waals surface area contributed by atoms with Gasteiger partial charge in [-0.05, 0) is 24.1 Å². The van der Waals surface area contributed by atoms with Gasteiger partial charge in [0, 0.05) is 17.6 Å². The van der Waals surface area contributed by atoms with Crippen LogP contribution in [0.2, 0.25) is 5.02 Å². The van der Waals surface area contributed by atoms with Gasteiger partial charge in [-0.1, -0.05) is 47.5 Å². The molecule has 0 radical (unpaired) electrons. The standard InChI is InChI=1S/C15H14ClNO2S/c1-11-3-2-4-12(7-11)9-20-10-13-5-6-14(16)15(8-13)17(18)19/h2-8H,9-10H2,1H3.